The van der Waals surface area contributed by atoms with Crippen LogP contribution in [0, 0.1) is 6.92 Å². The van der Waals surface area contributed by atoms with Crippen LogP contribution in [0.15, 0.2) is 36.4 Å². The maximum absolute atomic E-state index is 12.5. The number of Topliss-reactive ketones (excluding diaryl/α,β-unsaturated/α-hetero) is 1. The van der Waals surface area contributed by atoms with Gasteiger partial charge < -0.3 is 9.80 Å². The van der Waals surface area contributed by atoms with E-state index < -0.39 is 16.8 Å². The lowest BCUT2D eigenvalue weighted by molar-refractivity contribution is -0.0882. The summed E-state index contributed by atoms with van der Waals surface area (Å²) in [5, 5.41) is 0. The number of piperazine rings is 1. The second-order valence-electron chi connectivity index (χ2n) is 6.06. The molecular weight excluding hydrogens is 365 g/mol. The molecule has 0 saturated carbocycles. The van der Waals surface area contributed by atoms with Crippen LogP contribution in [-0.4, -0.2) is 48.9 Å². The summed E-state index contributed by atoms with van der Waals surface area (Å²) >= 11 is 0.595. The molecule has 0 spiro atoms. The van der Waals surface area contributed by atoms with Crippen molar-refractivity contribution >= 4 is 28.7 Å². The average Bonchev–Trinajstić information content (AvgIpc) is 3.10. The molecular formula is C18H17F3N2O2S. The highest BCUT2D eigenvalue weighted by Gasteiger charge is 2.40. The maximum Gasteiger partial charge on any atom is 0.455 e. The van der Waals surface area contributed by atoms with Gasteiger partial charge in [0.25, 0.3) is 11.7 Å². The van der Waals surface area contributed by atoms with Crippen LogP contribution >= 0.6 is 11.3 Å². The molecule has 2 heterocycles. The number of carbonyl (C=O) groups excluding carboxylic acids is 2. The van der Waals surface area contributed by atoms with Gasteiger partial charge in [0, 0.05) is 31.9 Å². The molecule has 1 aliphatic rings. The number of thiophene rings is 1. The number of halogens is 3. The van der Waals surface area contributed by atoms with E-state index in [1.807, 2.05) is 31.2 Å². The predicted octanol–water partition coefficient (Wildman–Crippen LogP) is 3.76. The van der Waals surface area contributed by atoms with E-state index in [0.717, 1.165) is 17.3 Å². The highest BCUT2D eigenvalue weighted by Crippen LogP contribution is 2.28. The summed E-state index contributed by atoms with van der Waals surface area (Å²) in [6.07, 6.45) is -4.93. The van der Waals surface area contributed by atoms with Crippen molar-refractivity contribution in [2.75, 3.05) is 31.1 Å². The summed E-state index contributed by atoms with van der Waals surface area (Å²) in [6, 6.07) is 10.3. The zero-order valence-corrected chi connectivity index (χ0v) is 14.9. The van der Waals surface area contributed by atoms with Crippen molar-refractivity contribution in [2.45, 2.75) is 13.1 Å². The highest BCUT2D eigenvalue weighted by molar-refractivity contribution is 7.16. The Hall–Kier alpha value is -2.35. The fourth-order valence-electron chi connectivity index (χ4n) is 2.94. The van der Waals surface area contributed by atoms with Crippen LogP contribution in [0.25, 0.3) is 0 Å². The number of ketones is 1. The van der Waals surface area contributed by atoms with Crippen LogP contribution in [0.5, 0.6) is 0 Å². The van der Waals surface area contributed by atoms with E-state index in [9.17, 15) is 22.8 Å². The minimum absolute atomic E-state index is 0.155. The number of rotatable bonds is 3. The zero-order valence-electron chi connectivity index (χ0n) is 14.0. The van der Waals surface area contributed by atoms with E-state index in [2.05, 4.69) is 4.90 Å². The fraction of sp³-hybridized carbons (Fsp3) is 0.333. The molecule has 1 aliphatic heterocycles. The highest BCUT2D eigenvalue weighted by atomic mass is 32.1. The van der Waals surface area contributed by atoms with Gasteiger partial charge in [0.05, 0.1) is 9.75 Å². The minimum atomic E-state index is -4.93. The van der Waals surface area contributed by atoms with Gasteiger partial charge in [-0.15, -0.1) is 11.3 Å². The van der Waals surface area contributed by atoms with Gasteiger partial charge >= 0.3 is 6.18 Å². The molecule has 1 aromatic carbocycles. The third-order valence-corrected chi connectivity index (χ3v) is 5.39. The molecule has 26 heavy (non-hydrogen) atoms. The Morgan fingerprint density at radius 3 is 2.19 bits per heavy atom. The molecule has 3 rings (SSSR count). The van der Waals surface area contributed by atoms with Crippen LogP contribution < -0.4 is 4.90 Å². The standard InChI is InChI=1S/C18H17F3N2O2S/c1-12-4-2-3-5-13(12)22-8-10-23(11-9-22)17(25)15-7-6-14(26-15)16(24)18(19,20)21/h2-7H,8-11H2,1H3. The van der Waals surface area contributed by atoms with Gasteiger partial charge in [-0.1, -0.05) is 18.2 Å². The van der Waals surface area contributed by atoms with Crippen LogP contribution in [0.4, 0.5) is 18.9 Å². The summed E-state index contributed by atoms with van der Waals surface area (Å²) < 4.78 is 37.5. The average molecular weight is 382 g/mol. The second-order valence-corrected chi connectivity index (χ2v) is 7.14. The number of alkyl halides is 3. The Bertz CT molecular complexity index is 824. The molecule has 0 atom stereocenters. The van der Waals surface area contributed by atoms with Crippen LogP contribution in [0.3, 0.4) is 0 Å². The molecule has 138 valence electrons. The Balaban J connectivity index is 1.65. The zero-order chi connectivity index (χ0) is 18.9. The van der Waals surface area contributed by atoms with E-state index in [4.69, 9.17) is 0 Å². The van der Waals surface area contributed by atoms with Crippen molar-refractivity contribution < 1.29 is 22.8 Å². The first-order valence-corrected chi connectivity index (χ1v) is 8.90. The maximum atomic E-state index is 12.5. The van der Waals surface area contributed by atoms with Crippen LogP contribution in [0.1, 0.15) is 24.9 Å². The molecule has 1 fully saturated rings. The Morgan fingerprint density at radius 1 is 0.962 bits per heavy atom. The van der Waals surface area contributed by atoms with Gasteiger partial charge in [-0.3, -0.25) is 9.59 Å². The molecule has 0 bridgehead atoms. The minimum Gasteiger partial charge on any atom is -0.368 e. The number of nitrogens with zero attached hydrogens (tertiary/aromatic N) is 2. The molecule has 1 saturated heterocycles. The van der Waals surface area contributed by atoms with Gasteiger partial charge in [0.2, 0.25) is 0 Å². The molecule has 0 unspecified atom stereocenters. The van der Waals surface area contributed by atoms with Gasteiger partial charge in [0.15, 0.2) is 0 Å². The predicted molar refractivity (Wildman–Crippen MR) is 94.0 cm³/mol. The number of hydrogen-bond acceptors (Lipinski definition) is 4. The van der Waals surface area contributed by atoms with E-state index in [-0.39, 0.29) is 10.8 Å². The Labute approximate surface area is 152 Å². The Kier molecular flexibility index (Phi) is 5.04. The number of hydrogen-bond donors (Lipinski definition) is 0. The summed E-state index contributed by atoms with van der Waals surface area (Å²) in [7, 11) is 0. The molecule has 2 aromatic rings. The molecule has 8 heteroatoms. The van der Waals surface area contributed by atoms with Crippen molar-refractivity contribution in [3.63, 3.8) is 0 Å². The van der Waals surface area contributed by atoms with E-state index >= 15 is 0 Å². The topological polar surface area (TPSA) is 40.6 Å². The van der Waals surface area contributed by atoms with Crippen LogP contribution in [0.2, 0.25) is 0 Å². The summed E-state index contributed by atoms with van der Waals surface area (Å²) in [5.74, 6) is -2.24. The van der Waals surface area contributed by atoms with Crippen molar-refractivity contribution in [1.29, 1.82) is 0 Å². The third-order valence-electron chi connectivity index (χ3n) is 4.32. The summed E-state index contributed by atoms with van der Waals surface area (Å²) in [4.78, 5) is 27.3. The summed E-state index contributed by atoms with van der Waals surface area (Å²) in [5.41, 5.74) is 2.27. The number of aryl methyl sites for hydroxylation is 1. The molecule has 1 amide bonds. The molecule has 4 nitrogen and oxygen atoms in total. The van der Waals surface area contributed by atoms with E-state index in [0.29, 0.717) is 37.5 Å². The largest absolute Gasteiger partial charge is 0.455 e. The van der Waals surface area contributed by atoms with Crippen molar-refractivity contribution in [3.8, 4) is 0 Å². The van der Waals surface area contributed by atoms with Gasteiger partial charge in [-0.05, 0) is 30.7 Å². The molecule has 1 aromatic heterocycles. The normalized spacial score (nSPS) is 15.2. The first-order valence-electron chi connectivity index (χ1n) is 8.08. The number of anilines is 1. The van der Waals surface area contributed by atoms with Crippen molar-refractivity contribution in [3.05, 3.63) is 51.7 Å². The lowest BCUT2D eigenvalue weighted by atomic mass is 10.1. The third kappa shape index (κ3) is 3.75. The molecule has 0 radical (unpaired) electrons. The smallest absolute Gasteiger partial charge is 0.368 e. The molecule has 0 N–H and O–H groups in total. The first kappa shape index (κ1) is 18.4. The first-order chi connectivity index (χ1) is 12.3. The molecule has 0 aliphatic carbocycles. The summed E-state index contributed by atoms with van der Waals surface area (Å²) in [6.45, 7) is 4.28. The van der Waals surface area contributed by atoms with E-state index in [1.165, 1.54) is 6.07 Å². The van der Waals surface area contributed by atoms with E-state index in [1.54, 1.807) is 4.90 Å². The van der Waals surface area contributed by atoms with Gasteiger partial charge in [-0.2, -0.15) is 13.2 Å². The number of amides is 1. The monoisotopic (exact) mass is 382 g/mol. The number of benzene rings is 1. The lowest BCUT2D eigenvalue weighted by Crippen LogP contribution is -2.48. The quantitative estimate of drug-likeness (QED) is 0.759. The lowest BCUT2D eigenvalue weighted by Gasteiger charge is -2.36. The number of carbonyl (C=O) groups is 2. The second kappa shape index (κ2) is 7.11. The Morgan fingerprint density at radius 2 is 1.58 bits per heavy atom. The fourth-order valence-corrected chi connectivity index (χ4v) is 3.87. The SMILES string of the molecule is Cc1ccccc1N1CCN(C(=O)c2ccc(C(=O)C(F)(F)F)s2)CC1. The number of para-hydroxylation sites is 1. The van der Waals surface area contributed by atoms with Gasteiger partial charge in [0.1, 0.15) is 0 Å². The van der Waals surface area contributed by atoms with Crippen molar-refractivity contribution in [2.24, 2.45) is 0 Å². The van der Waals surface area contributed by atoms with Crippen molar-refractivity contribution in [1.82, 2.24) is 4.90 Å². The van der Waals surface area contributed by atoms with Gasteiger partial charge in [-0.25, -0.2) is 0 Å². The van der Waals surface area contributed by atoms with Crippen LogP contribution in [-0.2, 0) is 0 Å².